The minimum atomic E-state index is -0.620. The molecule has 0 spiro atoms. The number of anilines is 1. The molecule has 1 N–H and O–H groups in total. The lowest BCUT2D eigenvalue weighted by atomic mass is 10.0. The molecule has 7 heteroatoms. The summed E-state index contributed by atoms with van der Waals surface area (Å²) < 4.78 is 6.57. The van der Waals surface area contributed by atoms with Crippen LogP contribution in [0.15, 0.2) is 74.7 Å². The Morgan fingerprint density at radius 1 is 0.966 bits per heavy atom. The predicted octanol–water partition coefficient (Wildman–Crippen LogP) is 2.87. The molecular formula is C22H17N3O4. The first-order valence-electron chi connectivity index (χ1n) is 9.37. The third-order valence-electron chi connectivity index (χ3n) is 5.18. The maximum absolute atomic E-state index is 13.0. The van der Waals surface area contributed by atoms with Crippen molar-refractivity contribution in [3.63, 3.8) is 0 Å². The Morgan fingerprint density at radius 3 is 2.66 bits per heavy atom. The van der Waals surface area contributed by atoms with Crippen molar-refractivity contribution < 1.29 is 9.21 Å². The van der Waals surface area contributed by atoms with E-state index < -0.39 is 11.2 Å². The second-order valence-corrected chi connectivity index (χ2v) is 6.94. The average molecular weight is 387 g/mol. The molecule has 2 aromatic heterocycles. The number of hydrogen-bond donors (Lipinski definition) is 1. The molecule has 0 fully saturated rings. The van der Waals surface area contributed by atoms with Crippen LogP contribution < -0.4 is 16.1 Å². The van der Waals surface area contributed by atoms with E-state index in [1.54, 1.807) is 29.2 Å². The van der Waals surface area contributed by atoms with Crippen molar-refractivity contribution in [3.8, 4) is 5.88 Å². The van der Waals surface area contributed by atoms with Crippen LogP contribution in [0.2, 0.25) is 0 Å². The highest BCUT2D eigenvalue weighted by atomic mass is 16.4. The van der Waals surface area contributed by atoms with Gasteiger partial charge in [-0.05, 0) is 42.7 Å². The van der Waals surface area contributed by atoms with Crippen LogP contribution in [0.1, 0.15) is 22.5 Å². The van der Waals surface area contributed by atoms with Gasteiger partial charge in [-0.2, -0.15) is 4.57 Å². The average Bonchev–Trinajstić information content (AvgIpc) is 3.22. The summed E-state index contributed by atoms with van der Waals surface area (Å²) >= 11 is 0. The lowest BCUT2D eigenvalue weighted by Crippen LogP contribution is -2.35. The zero-order valence-electron chi connectivity index (χ0n) is 15.4. The number of para-hydroxylation sites is 2. The molecule has 7 nitrogen and oxygen atoms in total. The SMILES string of the molecule is O=C(c1ccc(-n2c(=O)[nH]c3ccccc3c2=O)o1)N1CCCc2ccccc21. The topological polar surface area (TPSA) is 88.3 Å². The molecule has 1 amide bonds. The summed E-state index contributed by atoms with van der Waals surface area (Å²) in [7, 11) is 0. The minimum absolute atomic E-state index is 0.00986. The van der Waals surface area contributed by atoms with Gasteiger partial charge in [-0.3, -0.25) is 9.59 Å². The van der Waals surface area contributed by atoms with E-state index >= 15 is 0 Å². The minimum Gasteiger partial charge on any atom is -0.434 e. The number of fused-ring (bicyclic) bond motifs is 2. The van der Waals surface area contributed by atoms with Crippen LogP contribution in [0.5, 0.6) is 0 Å². The van der Waals surface area contributed by atoms with Crippen LogP contribution in [0.3, 0.4) is 0 Å². The first kappa shape index (κ1) is 17.2. The van der Waals surface area contributed by atoms with Crippen molar-refractivity contribution in [2.24, 2.45) is 0 Å². The lowest BCUT2D eigenvalue weighted by Gasteiger charge is -2.28. The predicted molar refractivity (Wildman–Crippen MR) is 109 cm³/mol. The van der Waals surface area contributed by atoms with E-state index in [9.17, 15) is 14.4 Å². The zero-order chi connectivity index (χ0) is 20.0. The first-order chi connectivity index (χ1) is 14.1. The van der Waals surface area contributed by atoms with Gasteiger partial charge < -0.3 is 14.3 Å². The number of aryl methyl sites for hydroxylation is 1. The smallest absolute Gasteiger partial charge is 0.335 e. The molecule has 2 aromatic carbocycles. The van der Waals surface area contributed by atoms with Gasteiger partial charge in [0.2, 0.25) is 5.88 Å². The Hall–Kier alpha value is -3.87. The molecule has 4 aromatic rings. The summed E-state index contributed by atoms with van der Waals surface area (Å²) in [5, 5.41) is 0.362. The fourth-order valence-electron chi connectivity index (χ4n) is 3.80. The van der Waals surface area contributed by atoms with Crippen LogP contribution in [0, 0.1) is 0 Å². The summed E-state index contributed by atoms with van der Waals surface area (Å²) in [6.45, 7) is 0.586. The number of amides is 1. The molecule has 0 saturated carbocycles. The van der Waals surface area contributed by atoms with Crippen LogP contribution in [0.4, 0.5) is 5.69 Å². The van der Waals surface area contributed by atoms with Crippen LogP contribution in [-0.4, -0.2) is 22.0 Å². The van der Waals surface area contributed by atoms with Gasteiger partial charge in [-0.15, -0.1) is 0 Å². The maximum Gasteiger partial charge on any atom is 0.335 e. The summed E-state index contributed by atoms with van der Waals surface area (Å²) in [5.41, 5.74) is 1.31. The highest BCUT2D eigenvalue weighted by molar-refractivity contribution is 6.05. The molecule has 3 heterocycles. The van der Waals surface area contributed by atoms with E-state index in [2.05, 4.69) is 4.98 Å². The molecule has 0 radical (unpaired) electrons. The number of nitrogens with zero attached hydrogens (tertiary/aromatic N) is 2. The van der Waals surface area contributed by atoms with Crippen molar-refractivity contribution >= 4 is 22.5 Å². The largest absolute Gasteiger partial charge is 0.434 e. The Bertz CT molecular complexity index is 1360. The number of carbonyl (C=O) groups excluding carboxylic acids is 1. The third-order valence-corrected chi connectivity index (χ3v) is 5.18. The van der Waals surface area contributed by atoms with Crippen molar-refractivity contribution in [3.05, 3.63) is 92.8 Å². The second-order valence-electron chi connectivity index (χ2n) is 6.94. The molecule has 0 bridgehead atoms. The Labute approximate surface area is 164 Å². The molecule has 1 aliphatic heterocycles. The van der Waals surface area contributed by atoms with Crippen molar-refractivity contribution in [1.29, 1.82) is 0 Å². The molecule has 1 aliphatic rings. The van der Waals surface area contributed by atoms with E-state index in [-0.39, 0.29) is 17.6 Å². The van der Waals surface area contributed by atoms with Gasteiger partial charge in [-0.1, -0.05) is 30.3 Å². The van der Waals surface area contributed by atoms with Gasteiger partial charge in [-0.25, -0.2) is 4.79 Å². The molecular weight excluding hydrogens is 370 g/mol. The van der Waals surface area contributed by atoms with E-state index in [0.717, 1.165) is 28.7 Å². The normalized spacial score (nSPS) is 13.4. The van der Waals surface area contributed by atoms with Crippen molar-refractivity contribution in [2.75, 3.05) is 11.4 Å². The van der Waals surface area contributed by atoms with E-state index in [1.807, 2.05) is 24.3 Å². The maximum atomic E-state index is 13.0. The van der Waals surface area contributed by atoms with Gasteiger partial charge >= 0.3 is 5.69 Å². The monoisotopic (exact) mass is 387 g/mol. The number of carbonyl (C=O) groups is 1. The highest BCUT2D eigenvalue weighted by Gasteiger charge is 2.26. The number of H-pyrrole nitrogens is 1. The number of aromatic nitrogens is 2. The summed E-state index contributed by atoms with van der Waals surface area (Å²) in [6, 6.07) is 17.5. The molecule has 0 atom stereocenters. The molecule has 0 aliphatic carbocycles. The van der Waals surface area contributed by atoms with Crippen LogP contribution in [0.25, 0.3) is 16.8 Å². The van der Waals surface area contributed by atoms with Gasteiger partial charge in [0.05, 0.1) is 10.9 Å². The van der Waals surface area contributed by atoms with E-state index in [1.165, 1.54) is 12.1 Å². The first-order valence-corrected chi connectivity index (χ1v) is 9.37. The van der Waals surface area contributed by atoms with Gasteiger partial charge in [0.1, 0.15) is 0 Å². The summed E-state index contributed by atoms with van der Waals surface area (Å²) in [6.07, 6.45) is 1.78. The van der Waals surface area contributed by atoms with Crippen molar-refractivity contribution in [2.45, 2.75) is 12.8 Å². The second kappa shape index (κ2) is 6.63. The number of hydrogen-bond acceptors (Lipinski definition) is 4. The number of aromatic amines is 1. The fraction of sp³-hybridized carbons (Fsp3) is 0.136. The van der Waals surface area contributed by atoms with Crippen molar-refractivity contribution in [1.82, 2.24) is 9.55 Å². The summed E-state index contributed by atoms with van der Waals surface area (Å²) in [4.78, 5) is 42.6. The molecule has 144 valence electrons. The summed E-state index contributed by atoms with van der Waals surface area (Å²) in [5.74, 6) is -0.208. The highest BCUT2D eigenvalue weighted by Crippen LogP contribution is 2.28. The number of furan rings is 1. The fourth-order valence-corrected chi connectivity index (χ4v) is 3.80. The van der Waals surface area contributed by atoms with E-state index in [4.69, 9.17) is 4.42 Å². The molecule has 29 heavy (non-hydrogen) atoms. The standard InChI is InChI=1S/C22H17N3O4/c26-20-15-8-2-3-9-16(15)23-22(28)25(20)19-12-11-18(29-19)21(27)24-13-5-7-14-6-1-4-10-17(14)24/h1-4,6,8-12H,5,7,13H2,(H,23,28). The number of nitrogens with one attached hydrogen (secondary N) is 1. The zero-order valence-corrected chi connectivity index (χ0v) is 15.4. The lowest BCUT2D eigenvalue weighted by molar-refractivity contribution is 0.0958. The van der Waals surface area contributed by atoms with Gasteiger partial charge in [0.15, 0.2) is 5.76 Å². The van der Waals surface area contributed by atoms with Crippen LogP contribution >= 0.6 is 0 Å². The van der Waals surface area contributed by atoms with Gasteiger partial charge in [0.25, 0.3) is 11.5 Å². The number of benzene rings is 2. The Kier molecular flexibility index (Phi) is 3.94. The Balaban J connectivity index is 1.56. The molecule has 0 saturated heterocycles. The van der Waals surface area contributed by atoms with E-state index in [0.29, 0.717) is 17.4 Å². The quantitative estimate of drug-likeness (QED) is 0.573. The molecule has 0 unspecified atom stereocenters. The number of rotatable bonds is 2. The third kappa shape index (κ3) is 2.79. The van der Waals surface area contributed by atoms with Crippen LogP contribution in [-0.2, 0) is 6.42 Å². The van der Waals surface area contributed by atoms with Gasteiger partial charge in [0, 0.05) is 18.3 Å². The Morgan fingerprint density at radius 2 is 1.76 bits per heavy atom. The molecule has 5 rings (SSSR count).